The van der Waals surface area contributed by atoms with Crippen LogP contribution in [0.25, 0.3) is 0 Å². The van der Waals surface area contributed by atoms with Crippen LogP contribution in [0.15, 0.2) is 0 Å². The van der Waals surface area contributed by atoms with Gasteiger partial charge in [0.2, 0.25) is 0 Å². The molecule has 1 fully saturated rings. The number of carboxylic acid groups (broad SMARTS) is 1. The van der Waals surface area contributed by atoms with E-state index in [4.69, 9.17) is 10.5 Å². The molecule has 0 aromatic heterocycles. The number of ether oxygens (including phenoxy) is 1. The molecule has 112 valence electrons. The number of carboxylic acids is 1. The van der Waals surface area contributed by atoms with E-state index in [2.05, 4.69) is 0 Å². The molecule has 19 heavy (non-hydrogen) atoms. The molecular formula is C15H29NO3. The van der Waals surface area contributed by atoms with Gasteiger partial charge in [0.1, 0.15) is 0 Å². The number of rotatable bonds is 8. The summed E-state index contributed by atoms with van der Waals surface area (Å²) in [5.74, 6) is 0.110. The summed E-state index contributed by atoms with van der Waals surface area (Å²) in [6.45, 7) is 5.92. The van der Waals surface area contributed by atoms with E-state index >= 15 is 0 Å². The third-order valence-corrected chi connectivity index (χ3v) is 4.72. The Bertz CT molecular complexity index is 275. The Morgan fingerprint density at radius 3 is 2.47 bits per heavy atom. The van der Waals surface area contributed by atoms with Gasteiger partial charge in [-0.2, -0.15) is 0 Å². The highest BCUT2D eigenvalue weighted by Crippen LogP contribution is 2.33. The van der Waals surface area contributed by atoms with Crippen LogP contribution in [0.5, 0.6) is 0 Å². The molecule has 4 nitrogen and oxygen atoms in total. The van der Waals surface area contributed by atoms with Gasteiger partial charge in [-0.25, -0.2) is 0 Å². The van der Waals surface area contributed by atoms with Gasteiger partial charge in [-0.15, -0.1) is 0 Å². The fourth-order valence-electron chi connectivity index (χ4n) is 2.98. The Morgan fingerprint density at radius 2 is 2.00 bits per heavy atom. The molecular weight excluding hydrogens is 242 g/mol. The maximum absolute atomic E-state index is 11.5. The number of unbranched alkanes of at least 4 members (excludes halogenated alkanes) is 1. The number of carbonyl (C=O) groups is 1. The zero-order valence-electron chi connectivity index (χ0n) is 12.4. The summed E-state index contributed by atoms with van der Waals surface area (Å²) in [6, 6.07) is 0. The van der Waals surface area contributed by atoms with Crippen molar-refractivity contribution in [3.8, 4) is 0 Å². The topological polar surface area (TPSA) is 72.5 Å². The van der Waals surface area contributed by atoms with Crippen LogP contribution in [-0.2, 0) is 9.53 Å². The van der Waals surface area contributed by atoms with Crippen LogP contribution in [0, 0.1) is 17.3 Å². The van der Waals surface area contributed by atoms with Crippen LogP contribution >= 0.6 is 0 Å². The highest BCUT2D eigenvalue weighted by Gasteiger charge is 2.39. The highest BCUT2D eigenvalue weighted by atomic mass is 16.5. The molecule has 1 atom stereocenters. The van der Waals surface area contributed by atoms with E-state index in [-0.39, 0.29) is 12.5 Å². The fourth-order valence-corrected chi connectivity index (χ4v) is 2.98. The lowest BCUT2D eigenvalue weighted by molar-refractivity contribution is -0.151. The molecule has 3 N–H and O–H groups in total. The van der Waals surface area contributed by atoms with Gasteiger partial charge in [-0.05, 0) is 31.1 Å². The molecule has 1 unspecified atom stereocenters. The minimum Gasteiger partial charge on any atom is -0.481 e. The molecule has 0 spiro atoms. The van der Waals surface area contributed by atoms with E-state index in [1.165, 1.54) is 6.42 Å². The zero-order valence-corrected chi connectivity index (χ0v) is 12.4. The summed E-state index contributed by atoms with van der Waals surface area (Å²) >= 11 is 0. The van der Waals surface area contributed by atoms with Crippen molar-refractivity contribution in [1.29, 1.82) is 0 Å². The van der Waals surface area contributed by atoms with E-state index in [0.29, 0.717) is 6.42 Å². The highest BCUT2D eigenvalue weighted by molar-refractivity contribution is 5.75. The largest absolute Gasteiger partial charge is 0.481 e. The van der Waals surface area contributed by atoms with Crippen LogP contribution in [0.4, 0.5) is 0 Å². The van der Waals surface area contributed by atoms with E-state index < -0.39 is 11.4 Å². The summed E-state index contributed by atoms with van der Waals surface area (Å²) in [5, 5.41) is 9.45. The van der Waals surface area contributed by atoms with Gasteiger partial charge < -0.3 is 15.6 Å². The zero-order chi connectivity index (χ0) is 14.3. The Labute approximate surface area is 116 Å². The maximum Gasteiger partial charge on any atom is 0.311 e. The van der Waals surface area contributed by atoms with Crippen molar-refractivity contribution in [2.75, 3.05) is 19.8 Å². The van der Waals surface area contributed by atoms with Gasteiger partial charge >= 0.3 is 5.97 Å². The molecule has 1 aliphatic heterocycles. The van der Waals surface area contributed by atoms with Crippen molar-refractivity contribution in [3.05, 3.63) is 0 Å². The van der Waals surface area contributed by atoms with Crippen LogP contribution in [-0.4, -0.2) is 30.8 Å². The van der Waals surface area contributed by atoms with E-state index in [0.717, 1.165) is 44.8 Å². The average molecular weight is 271 g/mol. The normalized spacial score (nSPS) is 20.4. The van der Waals surface area contributed by atoms with Gasteiger partial charge in [0.25, 0.3) is 0 Å². The van der Waals surface area contributed by atoms with Crippen molar-refractivity contribution in [1.82, 2.24) is 0 Å². The summed E-state index contributed by atoms with van der Waals surface area (Å²) in [6.07, 6.45) is 6.27. The Hall–Kier alpha value is -0.610. The Kier molecular flexibility index (Phi) is 6.80. The molecule has 0 aromatic carbocycles. The molecule has 0 amide bonds. The third kappa shape index (κ3) is 4.46. The number of nitrogens with two attached hydrogens (primary N) is 1. The van der Waals surface area contributed by atoms with Gasteiger partial charge in [0.15, 0.2) is 0 Å². The second-order valence-electron chi connectivity index (χ2n) is 6.12. The van der Waals surface area contributed by atoms with Crippen molar-refractivity contribution >= 4 is 5.97 Å². The minimum atomic E-state index is -0.740. The van der Waals surface area contributed by atoms with E-state index in [9.17, 15) is 9.90 Å². The first-order valence-electron chi connectivity index (χ1n) is 7.54. The maximum atomic E-state index is 11.5. The molecule has 1 saturated heterocycles. The predicted octanol–water partition coefficient (Wildman–Crippen LogP) is 2.66. The van der Waals surface area contributed by atoms with Gasteiger partial charge in [0.05, 0.1) is 5.41 Å². The van der Waals surface area contributed by atoms with Crippen molar-refractivity contribution in [2.24, 2.45) is 23.0 Å². The molecule has 4 heteroatoms. The summed E-state index contributed by atoms with van der Waals surface area (Å²) < 4.78 is 5.35. The van der Waals surface area contributed by atoms with Gasteiger partial charge in [-0.3, -0.25) is 4.79 Å². The Morgan fingerprint density at radius 1 is 1.37 bits per heavy atom. The first-order valence-corrected chi connectivity index (χ1v) is 7.54. The fraction of sp³-hybridized carbons (Fsp3) is 0.933. The quantitative estimate of drug-likeness (QED) is 0.666. The molecule has 0 aliphatic carbocycles. The second kappa shape index (κ2) is 7.85. The van der Waals surface area contributed by atoms with E-state index in [1.54, 1.807) is 0 Å². The monoisotopic (exact) mass is 271 g/mol. The Balaban J connectivity index is 2.33. The second-order valence-corrected chi connectivity index (χ2v) is 6.12. The number of aliphatic carboxylic acids is 1. The van der Waals surface area contributed by atoms with Crippen LogP contribution in [0.3, 0.4) is 0 Å². The average Bonchev–Trinajstić information content (AvgIpc) is 2.39. The number of hydrogen-bond donors (Lipinski definition) is 2. The molecule has 0 saturated carbocycles. The van der Waals surface area contributed by atoms with Crippen molar-refractivity contribution in [3.63, 3.8) is 0 Å². The van der Waals surface area contributed by atoms with E-state index in [1.807, 2.05) is 13.8 Å². The smallest absolute Gasteiger partial charge is 0.311 e. The predicted molar refractivity (Wildman–Crippen MR) is 76.0 cm³/mol. The third-order valence-electron chi connectivity index (χ3n) is 4.72. The van der Waals surface area contributed by atoms with Crippen LogP contribution in [0.2, 0.25) is 0 Å². The van der Waals surface area contributed by atoms with Crippen LogP contribution in [0.1, 0.15) is 52.4 Å². The summed E-state index contributed by atoms with van der Waals surface area (Å²) in [4.78, 5) is 11.5. The minimum absolute atomic E-state index is 0.0816. The summed E-state index contributed by atoms with van der Waals surface area (Å²) in [5.41, 5.74) is 5.00. The van der Waals surface area contributed by atoms with Crippen molar-refractivity contribution in [2.45, 2.75) is 52.4 Å². The lowest BCUT2D eigenvalue weighted by Gasteiger charge is -2.32. The van der Waals surface area contributed by atoms with Gasteiger partial charge in [-0.1, -0.05) is 33.1 Å². The molecule has 0 bridgehead atoms. The van der Waals surface area contributed by atoms with Crippen LogP contribution < -0.4 is 5.73 Å². The molecule has 1 rings (SSSR count). The SMILES string of the molecule is CC(C)C(CN)(CCCCC1CCOCC1)C(=O)O. The molecule has 1 heterocycles. The first kappa shape index (κ1) is 16.4. The number of hydrogen-bond acceptors (Lipinski definition) is 3. The molecule has 0 aromatic rings. The van der Waals surface area contributed by atoms with Crippen molar-refractivity contribution < 1.29 is 14.6 Å². The molecule has 0 radical (unpaired) electrons. The van der Waals surface area contributed by atoms with Gasteiger partial charge in [0, 0.05) is 19.8 Å². The first-order chi connectivity index (χ1) is 9.03. The standard InChI is InChI=1S/C15H29NO3/c1-12(2)15(11-16,14(17)18)8-4-3-5-13-6-9-19-10-7-13/h12-13H,3-11,16H2,1-2H3,(H,17,18). The molecule has 1 aliphatic rings. The lowest BCUT2D eigenvalue weighted by Crippen LogP contribution is -2.43. The lowest BCUT2D eigenvalue weighted by atomic mass is 9.73. The summed E-state index contributed by atoms with van der Waals surface area (Å²) in [7, 11) is 0.